The molecular weight excluding hydrogens is 436 g/mol. The van der Waals surface area contributed by atoms with E-state index in [0.717, 1.165) is 10.4 Å². The Morgan fingerprint density at radius 2 is 2.06 bits per heavy atom. The molecule has 0 atom stereocenters. The number of esters is 1. The summed E-state index contributed by atoms with van der Waals surface area (Å²) in [7, 11) is 0. The molecule has 1 aromatic carbocycles. The summed E-state index contributed by atoms with van der Waals surface area (Å²) in [5.41, 5.74) is 2.94. The van der Waals surface area contributed by atoms with Crippen molar-refractivity contribution in [3.05, 3.63) is 67.0 Å². The van der Waals surface area contributed by atoms with Gasteiger partial charge in [-0.05, 0) is 38.5 Å². The zero-order valence-electron chi connectivity index (χ0n) is 17.0. The standard InChI is InChI=1S/C21H18N4O4S2/c1-4-29-21(26)18-12(2)13(3)31-20(18)23-10-15(9-22)19-24-17(11-30-19)14-5-7-16(8-6-14)25(27)28/h5-8,10-11,23H,4H2,1-3H3/b15-10-. The number of benzene rings is 1. The first-order valence-corrected chi connectivity index (χ1v) is 10.9. The Labute approximate surface area is 186 Å². The fourth-order valence-corrected chi connectivity index (χ4v) is 4.55. The lowest BCUT2D eigenvalue weighted by molar-refractivity contribution is -0.384. The first kappa shape index (κ1) is 22.1. The molecule has 0 amide bonds. The zero-order chi connectivity index (χ0) is 22.5. The van der Waals surface area contributed by atoms with Crippen LogP contribution in [0.1, 0.15) is 32.7 Å². The number of non-ortho nitro benzene ring substituents is 1. The van der Waals surface area contributed by atoms with Crippen molar-refractivity contribution in [3.8, 4) is 17.3 Å². The van der Waals surface area contributed by atoms with Gasteiger partial charge in [-0.2, -0.15) is 5.26 Å². The summed E-state index contributed by atoms with van der Waals surface area (Å²) in [4.78, 5) is 28.1. The molecule has 0 aliphatic rings. The smallest absolute Gasteiger partial charge is 0.341 e. The highest BCUT2D eigenvalue weighted by Crippen LogP contribution is 2.34. The molecule has 0 aliphatic heterocycles. The lowest BCUT2D eigenvalue weighted by Gasteiger charge is -2.05. The van der Waals surface area contributed by atoms with Gasteiger partial charge in [-0.25, -0.2) is 9.78 Å². The van der Waals surface area contributed by atoms with E-state index in [-0.39, 0.29) is 12.3 Å². The van der Waals surface area contributed by atoms with Crippen molar-refractivity contribution in [3.63, 3.8) is 0 Å². The number of thiazole rings is 1. The van der Waals surface area contributed by atoms with Crippen LogP contribution in [0.2, 0.25) is 0 Å². The number of nitro groups is 1. The number of nitrogens with one attached hydrogen (secondary N) is 1. The number of carbonyl (C=O) groups excluding carboxylic acids is 1. The summed E-state index contributed by atoms with van der Waals surface area (Å²) in [5.74, 6) is -0.409. The number of aryl methyl sites for hydroxylation is 1. The molecule has 0 saturated heterocycles. The van der Waals surface area contributed by atoms with Crippen LogP contribution in [0.3, 0.4) is 0 Å². The number of nitriles is 1. The first-order chi connectivity index (χ1) is 14.8. The second-order valence-corrected chi connectivity index (χ2v) is 8.45. The van der Waals surface area contributed by atoms with E-state index in [1.165, 1.54) is 41.0 Å². The summed E-state index contributed by atoms with van der Waals surface area (Å²) in [6.45, 7) is 5.80. The molecule has 0 spiro atoms. The highest BCUT2D eigenvalue weighted by atomic mass is 32.1. The number of allylic oxidation sites excluding steroid dienone is 1. The van der Waals surface area contributed by atoms with E-state index < -0.39 is 10.9 Å². The van der Waals surface area contributed by atoms with Gasteiger partial charge in [0.15, 0.2) is 0 Å². The summed E-state index contributed by atoms with van der Waals surface area (Å²) in [6.07, 6.45) is 1.52. The molecule has 3 rings (SSSR count). The van der Waals surface area contributed by atoms with Crippen LogP contribution in [0.4, 0.5) is 10.7 Å². The number of aromatic nitrogens is 1. The Morgan fingerprint density at radius 1 is 1.35 bits per heavy atom. The molecule has 0 saturated carbocycles. The van der Waals surface area contributed by atoms with Crippen LogP contribution in [-0.4, -0.2) is 22.5 Å². The van der Waals surface area contributed by atoms with Gasteiger partial charge in [0, 0.05) is 34.2 Å². The Hall–Kier alpha value is -3.55. The maximum absolute atomic E-state index is 12.3. The summed E-state index contributed by atoms with van der Waals surface area (Å²) >= 11 is 2.70. The minimum Gasteiger partial charge on any atom is -0.462 e. The predicted octanol–water partition coefficient (Wildman–Crippen LogP) is 5.55. The fourth-order valence-electron chi connectivity index (χ4n) is 2.74. The lowest BCUT2D eigenvalue weighted by atomic mass is 10.1. The number of hydrogen-bond acceptors (Lipinski definition) is 9. The molecule has 0 aliphatic carbocycles. The third kappa shape index (κ3) is 4.79. The molecule has 31 heavy (non-hydrogen) atoms. The van der Waals surface area contributed by atoms with Gasteiger partial charge < -0.3 is 10.1 Å². The Morgan fingerprint density at radius 3 is 2.68 bits per heavy atom. The van der Waals surface area contributed by atoms with Crippen LogP contribution in [0.5, 0.6) is 0 Å². The van der Waals surface area contributed by atoms with E-state index in [1.807, 2.05) is 13.8 Å². The summed E-state index contributed by atoms with van der Waals surface area (Å²) < 4.78 is 5.15. The second-order valence-electron chi connectivity index (χ2n) is 6.36. The molecule has 158 valence electrons. The van der Waals surface area contributed by atoms with Crippen molar-refractivity contribution >= 4 is 44.9 Å². The SMILES string of the molecule is CCOC(=O)c1c(N/C=C(/C#N)c2nc(-c3ccc([N+](=O)[O-])cc3)cs2)sc(C)c1C. The van der Waals surface area contributed by atoms with Crippen molar-refractivity contribution in [2.45, 2.75) is 20.8 Å². The van der Waals surface area contributed by atoms with Crippen molar-refractivity contribution in [1.29, 1.82) is 5.26 Å². The van der Waals surface area contributed by atoms with Crippen LogP contribution in [0, 0.1) is 35.3 Å². The third-order valence-electron chi connectivity index (χ3n) is 4.44. The van der Waals surface area contributed by atoms with Crippen molar-refractivity contribution in [2.24, 2.45) is 0 Å². The average Bonchev–Trinajstić information content (AvgIpc) is 3.34. The minimum absolute atomic E-state index is 0.0000449. The first-order valence-electron chi connectivity index (χ1n) is 9.20. The molecule has 0 unspecified atom stereocenters. The minimum atomic E-state index is -0.461. The van der Waals surface area contributed by atoms with Gasteiger partial charge in [-0.3, -0.25) is 10.1 Å². The van der Waals surface area contributed by atoms with E-state index in [2.05, 4.69) is 16.4 Å². The number of nitro benzene ring substituents is 1. The molecule has 2 aromatic heterocycles. The Balaban J connectivity index is 1.86. The molecule has 3 aromatic rings. The Bertz CT molecular complexity index is 1200. The van der Waals surface area contributed by atoms with Gasteiger partial charge >= 0.3 is 5.97 Å². The van der Waals surface area contributed by atoms with Crippen LogP contribution in [0.15, 0.2) is 35.8 Å². The van der Waals surface area contributed by atoms with Crippen molar-refractivity contribution in [2.75, 3.05) is 11.9 Å². The Kier molecular flexibility index (Phi) is 6.79. The number of anilines is 1. The van der Waals surface area contributed by atoms with Gasteiger partial charge in [0.2, 0.25) is 0 Å². The number of ether oxygens (including phenoxy) is 1. The molecule has 10 heteroatoms. The molecule has 2 heterocycles. The highest BCUT2D eigenvalue weighted by molar-refractivity contribution is 7.16. The number of thiophene rings is 1. The molecular formula is C21H18N4O4S2. The van der Waals surface area contributed by atoms with Gasteiger partial charge in [-0.15, -0.1) is 22.7 Å². The third-order valence-corrected chi connectivity index (χ3v) is 6.46. The molecule has 1 N–H and O–H groups in total. The van der Waals surface area contributed by atoms with E-state index in [0.29, 0.717) is 32.4 Å². The fraction of sp³-hybridized carbons (Fsp3) is 0.190. The summed E-state index contributed by atoms with van der Waals surface area (Å²) in [6, 6.07) is 8.18. The van der Waals surface area contributed by atoms with Crippen LogP contribution < -0.4 is 5.32 Å². The summed E-state index contributed by atoms with van der Waals surface area (Å²) in [5, 5.41) is 26.3. The van der Waals surface area contributed by atoms with Gasteiger partial charge in [0.05, 0.1) is 22.8 Å². The number of hydrogen-bond donors (Lipinski definition) is 1. The number of nitrogens with zero attached hydrogens (tertiary/aromatic N) is 3. The highest BCUT2D eigenvalue weighted by Gasteiger charge is 2.20. The largest absolute Gasteiger partial charge is 0.462 e. The molecule has 0 radical (unpaired) electrons. The normalized spacial score (nSPS) is 11.1. The van der Waals surface area contributed by atoms with E-state index in [1.54, 1.807) is 24.4 Å². The van der Waals surface area contributed by atoms with Crippen LogP contribution in [-0.2, 0) is 4.74 Å². The van der Waals surface area contributed by atoms with Crippen LogP contribution in [0.25, 0.3) is 16.8 Å². The molecule has 0 bridgehead atoms. The van der Waals surface area contributed by atoms with E-state index in [9.17, 15) is 20.2 Å². The number of rotatable bonds is 7. The zero-order valence-corrected chi connectivity index (χ0v) is 18.6. The van der Waals surface area contributed by atoms with Gasteiger partial charge in [0.25, 0.3) is 5.69 Å². The predicted molar refractivity (Wildman–Crippen MR) is 121 cm³/mol. The maximum atomic E-state index is 12.3. The van der Waals surface area contributed by atoms with Crippen molar-refractivity contribution < 1.29 is 14.5 Å². The second kappa shape index (κ2) is 9.51. The topological polar surface area (TPSA) is 118 Å². The molecule has 8 nitrogen and oxygen atoms in total. The number of carbonyl (C=O) groups is 1. The van der Waals surface area contributed by atoms with E-state index >= 15 is 0 Å². The quantitative estimate of drug-likeness (QED) is 0.215. The van der Waals surface area contributed by atoms with Crippen LogP contribution >= 0.6 is 22.7 Å². The van der Waals surface area contributed by atoms with Gasteiger partial charge in [-0.1, -0.05) is 0 Å². The van der Waals surface area contributed by atoms with Gasteiger partial charge in [0.1, 0.15) is 21.7 Å². The van der Waals surface area contributed by atoms with E-state index in [4.69, 9.17) is 4.74 Å². The average molecular weight is 455 g/mol. The molecule has 0 fully saturated rings. The lowest BCUT2D eigenvalue weighted by Crippen LogP contribution is -2.07. The van der Waals surface area contributed by atoms with Crippen molar-refractivity contribution in [1.82, 2.24) is 4.98 Å². The monoisotopic (exact) mass is 454 g/mol. The maximum Gasteiger partial charge on any atom is 0.341 e.